The molecule has 0 spiro atoms. The van der Waals surface area contributed by atoms with Gasteiger partial charge in [-0.25, -0.2) is 4.98 Å². The number of nitrogens with zero attached hydrogens (tertiary/aromatic N) is 3. The van der Waals surface area contributed by atoms with E-state index in [9.17, 15) is 18.0 Å². The average Bonchev–Trinajstić information content (AvgIpc) is 2.95. The summed E-state index contributed by atoms with van der Waals surface area (Å²) >= 11 is 0.442. The van der Waals surface area contributed by atoms with Gasteiger partial charge in [0.15, 0.2) is 5.01 Å². The number of hydrogen-bond acceptors (Lipinski definition) is 4. The molecule has 4 nitrogen and oxygen atoms in total. The maximum atomic E-state index is 12.7. The summed E-state index contributed by atoms with van der Waals surface area (Å²) < 4.78 is 38.0. The molecule has 0 fully saturated rings. The van der Waals surface area contributed by atoms with Gasteiger partial charge in [-0.15, -0.1) is 11.3 Å². The molecule has 3 rings (SSSR count). The van der Waals surface area contributed by atoms with Gasteiger partial charge >= 0.3 is 6.18 Å². The second kappa shape index (κ2) is 5.84. The number of rotatable bonds is 1. The molecule has 122 valence electrons. The number of alkyl halides is 3. The molecule has 1 aliphatic rings. The Kier molecular flexibility index (Phi) is 4.01. The zero-order chi connectivity index (χ0) is 16.6. The summed E-state index contributed by atoms with van der Waals surface area (Å²) in [6.07, 6.45) is -3.80. The van der Waals surface area contributed by atoms with Gasteiger partial charge in [0.05, 0.1) is 11.4 Å². The molecule has 0 bridgehead atoms. The van der Waals surface area contributed by atoms with Crippen LogP contribution in [-0.2, 0) is 6.18 Å². The highest BCUT2D eigenvalue weighted by Crippen LogP contribution is 2.34. The van der Waals surface area contributed by atoms with Crippen molar-refractivity contribution in [1.82, 2.24) is 4.98 Å². The number of thiazole rings is 1. The third-order valence-corrected chi connectivity index (χ3v) is 4.56. The molecule has 23 heavy (non-hydrogen) atoms. The lowest BCUT2D eigenvalue weighted by atomic mass is 10.2. The van der Waals surface area contributed by atoms with Crippen LogP contribution < -0.4 is 9.80 Å². The minimum atomic E-state index is -4.53. The summed E-state index contributed by atoms with van der Waals surface area (Å²) in [6.45, 7) is 1.21. The van der Waals surface area contributed by atoms with E-state index in [4.69, 9.17) is 0 Å². The van der Waals surface area contributed by atoms with Crippen molar-refractivity contribution in [2.45, 2.75) is 12.6 Å². The fourth-order valence-electron chi connectivity index (χ4n) is 2.57. The van der Waals surface area contributed by atoms with Gasteiger partial charge in [0, 0.05) is 25.5 Å². The van der Waals surface area contributed by atoms with E-state index in [-0.39, 0.29) is 5.69 Å². The number of para-hydroxylation sites is 2. The zero-order valence-electron chi connectivity index (χ0n) is 12.3. The van der Waals surface area contributed by atoms with Crippen molar-refractivity contribution in [2.24, 2.45) is 0 Å². The highest BCUT2D eigenvalue weighted by molar-refractivity contribution is 7.10. The first-order valence-corrected chi connectivity index (χ1v) is 7.90. The van der Waals surface area contributed by atoms with Crippen LogP contribution in [0.5, 0.6) is 0 Å². The van der Waals surface area contributed by atoms with Crippen LogP contribution in [0.1, 0.15) is 21.9 Å². The first-order chi connectivity index (χ1) is 10.9. The van der Waals surface area contributed by atoms with Crippen LogP contribution in [0.25, 0.3) is 0 Å². The van der Waals surface area contributed by atoms with Gasteiger partial charge in [-0.1, -0.05) is 12.1 Å². The predicted octanol–water partition coefficient (Wildman–Crippen LogP) is 3.65. The normalized spacial score (nSPS) is 15.3. The zero-order valence-corrected chi connectivity index (χ0v) is 13.1. The Hall–Kier alpha value is -2.09. The third-order valence-electron chi connectivity index (χ3n) is 3.67. The second-order valence-corrected chi connectivity index (χ2v) is 6.11. The van der Waals surface area contributed by atoms with Crippen molar-refractivity contribution in [3.8, 4) is 0 Å². The summed E-state index contributed by atoms with van der Waals surface area (Å²) in [6, 6.07) is 7.36. The van der Waals surface area contributed by atoms with Gasteiger partial charge in [-0.2, -0.15) is 13.2 Å². The van der Waals surface area contributed by atoms with Crippen LogP contribution in [0.4, 0.5) is 24.5 Å². The largest absolute Gasteiger partial charge is 0.443 e. The van der Waals surface area contributed by atoms with Crippen molar-refractivity contribution >= 4 is 28.6 Å². The van der Waals surface area contributed by atoms with Crippen LogP contribution in [-0.4, -0.2) is 31.0 Å². The van der Waals surface area contributed by atoms with Crippen LogP contribution in [0.15, 0.2) is 29.6 Å². The van der Waals surface area contributed by atoms with Gasteiger partial charge in [0.2, 0.25) is 0 Å². The highest BCUT2D eigenvalue weighted by atomic mass is 32.1. The summed E-state index contributed by atoms with van der Waals surface area (Å²) in [5.41, 5.74) is 1.41. The molecular formula is C15H14F3N3OS. The lowest BCUT2D eigenvalue weighted by molar-refractivity contribution is -0.137. The highest BCUT2D eigenvalue weighted by Gasteiger charge is 2.36. The van der Waals surface area contributed by atoms with Crippen LogP contribution in [0.2, 0.25) is 0 Å². The molecule has 0 aliphatic carbocycles. The Morgan fingerprint density at radius 2 is 1.91 bits per heavy atom. The maximum absolute atomic E-state index is 12.7. The number of fused-ring (bicyclic) bond motifs is 1. The molecular weight excluding hydrogens is 327 g/mol. The number of carbonyl (C=O) groups is 1. The molecule has 1 amide bonds. The van der Waals surface area contributed by atoms with E-state index in [2.05, 4.69) is 4.98 Å². The monoisotopic (exact) mass is 341 g/mol. The third kappa shape index (κ3) is 3.03. The topological polar surface area (TPSA) is 36.4 Å². The lowest BCUT2D eigenvalue weighted by Gasteiger charge is -2.23. The fraction of sp³-hybridized carbons (Fsp3) is 0.333. The SMILES string of the molecule is CN1CCCN(C(=O)c2csc(C(F)(F)F)n2)c2ccccc21. The second-order valence-electron chi connectivity index (χ2n) is 5.26. The molecule has 0 saturated carbocycles. The molecule has 2 aromatic rings. The molecule has 0 N–H and O–H groups in total. The Morgan fingerprint density at radius 1 is 1.22 bits per heavy atom. The molecule has 0 saturated heterocycles. The fourth-order valence-corrected chi connectivity index (χ4v) is 3.23. The predicted molar refractivity (Wildman–Crippen MR) is 83.1 cm³/mol. The van der Waals surface area contributed by atoms with Gasteiger partial charge < -0.3 is 9.80 Å². The van der Waals surface area contributed by atoms with E-state index >= 15 is 0 Å². The van der Waals surface area contributed by atoms with E-state index in [0.717, 1.165) is 18.7 Å². The van der Waals surface area contributed by atoms with Crippen LogP contribution in [0, 0.1) is 0 Å². The smallest absolute Gasteiger partial charge is 0.373 e. The number of amides is 1. The quantitative estimate of drug-likeness (QED) is 0.794. The summed E-state index contributed by atoms with van der Waals surface area (Å²) in [5.74, 6) is -0.500. The number of anilines is 2. The van der Waals surface area contributed by atoms with E-state index in [0.29, 0.717) is 23.6 Å². The molecule has 0 unspecified atom stereocenters. The Balaban J connectivity index is 1.96. The van der Waals surface area contributed by atoms with E-state index in [1.54, 1.807) is 12.1 Å². The standard InChI is InChI=1S/C15H14F3N3OS/c1-20-7-4-8-21(12-6-3-2-5-11(12)20)13(22)10-9-23-14(19-10)15(16,17)18/h2-3,5-6,9H,4,7-8H2,1H3. The van der Waals surface area contributed by atoms with Gasteiger partial charge in [-0.3, -0.25) is 4.79 Å². The molecule has 0 radical (unpaired) electrons. The molecule has 2 heterocycles. The van der Waals surface area contributed by atoms with Crippen molar-refractivity contribution in [1.29, 1.82) is 0 Å². The first kappa shape index (κ1) is 15.8. The van der Waals surface area contributed by atoms with Crippen molar-refractivity contribution in [3.05, 3.63) is 40.3 Å². The Morgan fingerprint density at radius 3 is 2.57 bits per heavy atom. The molecule has 8 heteroatoms. The maximum Gasteiger partial charge on any atom is 0.443 e. The molecule has 1 aliphatic heterocycles. The lowest BCUT2D eigenvalue weighted by Crippen LogP contribution is -2.31. The molecule has 1 aromatic heterocycles. The van der Waals surface area contributed by atoms with Crippen LogP contribution in [0.3, 0.4) is 0 Å². The van der Waals surface area contributed by atoms with Crippen molar-refractivity contribution < 1.29 is 18.0 Å². The summed E-state index contributed by atoms with van der Waals surface area (Å²) in [4.78, 5) is 19.7. The van der Waals surface area contributed by atoms with E-state index in [1.165, 1.54) is 10.3 Å². The van der Waals surface area contributed by atoms with Crippen molar-refractivity contribution in [2.75, 3.05) is 29.9 Å². The number of benzene rings is 1. The first-order valence-electron chi connectivity index (χ1n) is 7.02. The molecule has 0 atom stereocenters. The van der Waals surface area contributed by atoms with Crippen LogP contribution >= 0.6 is 11.3 Å². The van der Waals surface area contributed by atoms with E-state index < -0.39 is 17.1 Å². The summed E-state index contributed by atoms with van der Waals surface area (Å²) in [5, 5.41) is 0.170. The minimum absolute atomic E-state index is 0.165. The van der Waals surface area contributed by atoms with Crippen molar-refractivity contribution in [3.63, 3.8) is 0 Å². The number of hydrogen-bond donors (Lipinski definition) is 0. The van der Waals surface area contributed by atoms with Gasteiger partial charge in [-0.05, 0) is 18.6 Å². The van der Waals surface area contributed by atoms with Gasteiger partial charge in [0.1, 0.15) is 5.69 Å². The number of carbonyl (C=O) groups excluding carboxylic acids is 1. The summed E-state index contributed by atoms with van der Waals surface area (Å²) in [7, 11) is 1.93. The minimum Gasteiger partial charge on any atom is -0.373 e. The Labute approximate surface area is 135 Å². The Bertz CT molecular complexity index is 729. The number of aromatic nitrogens is 1. The van der Waals surface area contributed by atoms with E-state index in [1.807, 2.05) is 24.1 Å². The average molecular weight is 341 g/mol. The molecule has 1 aromatic carbocycles. The number of halogens is 3. The van der Waals surface area contributed by atoms with Gasteiger partial charge in [0.25, 0.3) is 5.91 Å².